The van der Waals surface area contributed by atoms with Crippen molar-refractivity contribution in [3.05, 3.63) is 0 Å². The van der Waals surface area contributed by atoms with Crippen molar-refractivity contribution < 1.29 is 8.42 Å². The quantitative estimate of drug-likeness (QED) is 0.695. The highest BCUT2D eigenvalue weighted by Gasteiger charge is 2.18. The zero-order chi connectivity index (χ0) is 11.9. The van der Waals surface area contributed by atoms with Crippen LogP contribution in [0.25, 0.3) is 0 Å². The molecule has 0 unspecified atom stereocenters. The lowest BCUT2D eigenvalue weighted by atomic mass is 10.3. The van der Waals surface area contributed by atoms with Crippen LogP contribution in [0.3, 0.4) is 0 Å². The lowest BCUT2D eigenvalue weighted by Crippen LogP contribution is -2.34. The summed E-state index contributed by atoms with van der Waals surface area (Å²) in [5, 5.41) is 3.38. The number of sulfone groups is 1. The standard InChI is InChI=1S/C11H24N2O2S/c1-2-3-5-12-6-8-13-7-4-10-16(14,15)11-9-13/h12H,2-11H2,1H3. The molecule has 0 saturated carbocycles. The van der Waals surface area contributed by atoms with Crippen LogP contribution in [0.1, 0.15) is 26.2 Å². The molecule has 96 valence electrons. The Balaban J connectivity index is 2.13. The molecule has 0 radical (unpaired) electrons. The van der Waals surface area contributed by atoms with E-state index in [-0.39, 0.29) is 0 Å². The number of hydrogen-bond donors (Lipinski definition) is 1. The van der Waals surface area contributed by atoms with Gasteiger partial charge in [-0.3, -0.25) is 0 Å². The summed E-state index contributed by atoms with van der Waals surface area (Å²) in [6.07, 6.45) is 3.22. The molecule has 1 heterocycles. The Bertz CT molecular complexity index is 278. The fourth-order valence-electron chi connectivity index (χ4n) is 1.88. The predicted molar refractivity (Wildman–Crippen MR) is 67.5 cm³/mol. The third kappa shape index (κ3) is 5.82. The van der Waals surface area contributed by atoms with Crippen LogP contribution in [0, 0.1) is 0 Å². The maximum absolute atomic E-state index is 11.4. The second-order valence-electron chi connectivity index (χ2n) is 4.45. The van der Waals surface area contributed by atoms with Crippen LogP contribution >= 0.6 is 0 Å². The fraction of sp³-hybridized carbons (Fsp3) is 1.00. The smallest absolute Gasteiger partial charge is 0.151 e. The second-order valence-corrected chi connectivity index (χ2v) is 6.75. The number of hydrogen-bond acceptors (Lipinski definition) is 4. The van der Waals surface area contributed by atoms with Crippen molar-refractivity contribution >= 4 is 9.84 Å². The summed E-state index contributed by atoms with van der Waals surface area (Å²) >= 11 is 0. The highest BCUT2D eigenvalue weighted by Crippen LogP contribution is 2.03. The topological polar surface area (TPSA) is 49.4 Å². The van der Waals surface area contributed by atoms with Gasteiger partial charge in [0.15, 0.2) is 9.84 Å². The molecule has 1 saturated heterocycles. The second kappa shape index (κ2) is 7.25. The highest BCUT2D eigenvalue weighted by atomic mass is 32.2. The maximum atomic E-state index is 11.4. The maximum Gasteiger partial charge on any atom is 0.151 e. The van der Waals surface area contributed by atoms with Crippen molar-refractivity contribution in [2.24, 2.45) is 0 Å². The van der Waals surface area contributed by atoms with Gasteiger partial charge >= 0.3 is 0 Å². The van der Waals surface area contributed by atoms with E-state index in [1.807, 2.05) is 0 Å². The third-order valence-corrected chi connectivity index (χ3v) is 4.68. The summed E-state index contributed by atoms with van der Waals surface area (Å²) in [5.74, 6) is 0.703. The molecular formula is C11H24N2O2S. The number of rotatable bonds is 6. The van der Waals surface area contributed by atoms with Crippen molar-refractivity contribution in [2.45, 2.75) is 26.2 Å². The molecule has 1 rings (SSSR count). The van der Waals surface area contributed by atoms with E-state index in [9.17, 15) is 8.42 Å². The SMILES string of the molecule is CCCCNCCN1CCCS(=O)(=O)CC1. The minimum Gasteiger partial charge on any atom is -0.315 e. The van der Waals surface area contributed by atoms with E-state index < -0.39 is 9.84 Å². The molecule has 4 nitrogen and oxygen atoms in total. The highest BCUT2D eigenvalue weighted by molar-refractivity contribution is 7.91. The summed E-state index contributed by atoms with van der Waals surface area (Å²) in [5.41, 5.74) is 0. The fourth-order valence-corrected chi connectivity index (χ4v) is 3.19. The normalized spacial score (nSPS) is 21.8. The third-order valence-electron chi connectivity index (χ3n) is 2.96. The van der Waals surface area contributed by atoms with Crippen LogP contribution in [0.15, 0.2) is 0 Å². The van der Waals surface area contributed by atoms with Crippen molar-refractivity contribution in [1.29, 1.82) is 0 Å². The summed E-state index contributed by atoms with van der Waals surface area (Å²) in [6, 6.07) is 0. The van der Waals surface area contributed by atoms with Gasteiger partial charge in [0.1, 0.15) is 0 Å². The van der Waals surface area contributed by atoms with Gasteiger partial charge in [0.05, 0.1) is 11.5 Å². The monoisotopic (exact) mass is 248 g/mol. The molecule has 0 atom stereocenters. The van der Waals surface area contributed by atoms with Crippen molar-refractivity contribution in [1.82, 2.24) is 10.2 Å². The minimum absolute atomic E-state index is 0.335. The van der Waals surface area contributed by atoms with Crippen LogP contribution in [0.2, 0.25) is 0 Å². The molecule has 0 aromatic rings. The number of unbranched alkanes of at least 4 members (excludes halogenated alkanes) is 1. The number of nitrogens with zero attached hydrogens (tertiary/aromatic N) is 1. The molecule has 0 aromatic heterocycles. The van der Waals surface area contributed by atoms with Gasteiger partial charge in [-0.2, -0.15) is 0 Å². The van der Waals surface area contributed by atoms with Gasteiger partial charge in [-0.15, -0.1) is 0 Å². The predicted octanol–water partition coefficient (Wildman–Crippen LogP) is 0.497. The van der Waals surface area contributed by atoms with E-state index in [4.69, 9.17) is 0 Å². The molecule has 0 aromatic carbocycles. The van der Waals surface area contributed by atoms with Crippen LogP contribution in [-0.4, -0.2) is 57.5 Å². The van der Waals surface area contributed by atoms with Crippen LogP contribution in [0.5, 0.6) is 0 Å². The largest absolute Gasteiger partial charge is 0.315 e. The van der Waals surface area contributed by atoms with Gasteiger partial charge in [0, 0.05) is 19.6 Å². The lowest BCUT2D eigenvalue weighted by molar-refractivity contribution is 0.294. The Hall–Kier alpha value is -0.130. The Morgan fingerprint density at radius 3 is 2.75 bits per heavy atom. The van der Waals surface area contributed by atoms with Crippen LogP contribution < -0.4 is 5.32 Å². The Labute approximate surface area is 99.3 Å². The van der Waals surface area contributed by atoms with Gasteiger partial charge in [0.2, 0.25) is 0 Å². The van der Waals surface area contributed by atoms with E-state index >= 15 is 0 Å². The molecule has 1 N–H and O–H groups in total. The average Bonchev–Trinajstić information content (AvgIpc) is 2.40. The molecule has 1 fully saturated rings. The summed E-state index contributed by atoms with van der Waals surface area (Å²) < 4.78 is 22.8. The number of nitrogens with one attached hydrogen (secondary N) is 1. The summed E-state index contributed by atoms with van der Waals surface area (Å²) in [6.45, 7) is 6.83. The molecule has 0 spiro atoms. The Kier molecular flexibility index (Phi) is 6.31. The van der Waals surface area contributed by atoms with Crippen molar-refractivity contribution in [3.63, 3.8) is 0 Å². The molecular weight excluding hydrogens is 224 g/mol. The minimum atomic E-state index is -2.75. The van der Waals surface area contributed by atoms with Crippen LogP contribution in [0.4, 0.5) is 0 Å². The first-order chi connectivity index (χ1) is 7.64. The zero-order valence-corrected chi connectivity index (χ0v) is 11.1. The molecule has 0 bridgehead atoms. The summed E-state index contributed by atoms with van der Waals surface area (Å²) in [7, 11) is -2.75. The first-order valence-corrected chi connectivity index (χ1v) is 8.09. The first-order valence-electron chi connectivity index (χ1n) is 6.27. The Morgan fingerprint density at radius 1 is 1.19 bits per heavy atom. The molecule has 5 heteroatoms. The lowest BCUT2D eigenvalue weighted by Gasteiger charge is -2.19. The first kappa shape index (κ1) is 13.9. The summed E-state index contributed by atoms with van der Waals surface area (Å²) in [4.78, 5) is 2.25. The van der Waals surface area contributed by atoms with Gasteiger partial charge in [0.25, 0.3) is 0 Å². The van der Waals surface area contributed by atoms with Crippen molar-refractivity contribution in [2.75, 3.05) is 44.2 Å². The van der Waals surface area contributed by atoms with Gasteiger partial charge < -0.3 is 10.2 Å². The zero-order valence-electron chi connectivity index (χ0n) is 10.2. The Morgan fingerprint density at radius 2 is 2.00 bits per heavy atom. The van der Waals surface area contributed by atoms with Crippen LogP contribution in [-0.2, 0) is 9.84 Å². The molecule has 1 aliphatic rings. The average molecular weight is 248 g/mol. The molecule has 16 heavy (non-hydrogen) atoms. The van der Waals surface area contributed by atoms with E-state index in [1.165, 1.54) is 12.8 Å². The molecule has 0 aliphatic carbocycles. The van der Waals surface area contributed by atoms with E-state index in [0.717, 1.165) is 32.6 Å². The van der Waals surface area contributed by atoms with Crippen molar-refractivity contribution in [3.8, 4) is 0 Å². The van der Waals surface area contributed by atoms with E-state index in [2.05, 4.69) is 17.1 Å². The molecule has 1 aliphatic heterocycles. The van der Waals surface area contributed by atoms with Gasteiger partial charge in [-0.05, 0) is 25.9 Å². The van der Waals surface area contributed by atoms with E-state index in [0.29, 0.717) is 18.1 Å². The van der Waals surface area contributed by atoms with E-state index in [1.54, 1.807) is 0 Å². The van der Waals surface area contributed by atoms with Gasteiger partial charge in [-0.1, -0.05) is 13.3 Å². The molecule has 0 amide bonds. The van der Waals surface area contributed by atoms with Gasteiger partial charge in [-0.25, -0.2) is 8.42 Å².